The van der Waals surface area contributed by atoms with Crippen molar-refractivity contribution in [3.05, 3.63) is 77.1 Å². The fourth-order valence-electron chi connectivity index (χ4n) is 2.85. The summed E-state index contributed by atoms with van der Waals surface area (Å²) in [5.41, 5.74) is 1.44. The second-order valence-electron chi connectivity index (χ2n) is 5.69. The Morgan fingerprint density at radius 3 is 2.65 bits per heavy atom. The highest BCUT2D eigenvalue weighted by Crippen LogP contribution is 2.41. The van der Waals surface area contributed by atoms with Crippen LogP contribution in [0.25, 0.3) is 10.9 Å². The van der Waals surface area contributed by atoms with Crippen molar-refractivity contribution in [1.82, 2.24) is 15.0 Å². The van der Waals surface area contributed by atoms with E-state index in [4.69, 9.17) is 4.74 Å². The van der Waals surface area contributed by atoms with Gasteiger partial charge in [0.1, 0.15) is 0 Å². The molecule has 1 aromatic heterocycles. The topological polar surface area (TPSA) is 75.4 Å². The molecule has 2 aromatic carbocycles. The van der Waals surface area contributed by atoms with E-state index in [2.05, 4.69) is 9.97 Å². The van der Waals surface area contributed by atoms with Crippen LogP contribution in [0.1, 0.15) is 22.9 Å². The molecule has 1 aliphatic heterocycles. The van der Waals surface area contributed by atoms with Crippen molar-refractivity contribution in [2.75, 3.05) is 7.11 Å². The van der Waals surface area contributed by atoms with Crippen LogP contribution >= 0.6 is 11.9 Å². The summed E-state index contributed by atoms with van der Waals surface area (Å²) < 4.78 is 5.97. The van der Waals surface area contributed by atoms with Crippen molar-refractivity contribution >= 4 is 28.8 Å². The lowest BCUT2D eigenvalue weighted by molar-refractivity contribution is -0.568. The zero-order valence-corrected chi connectivity index (χ0v) is 14.7. The molecule has 4 rings (SSSR count). The Kier molecular flexibility index (Phi) is 4.36. The summed E-state index contributed by atoms with van der Waals surface area (Å²) in [6.07, 6.45) is 0.855. The lowest BCUT2D eigenvalue weighted by Crippen LogP contribution is -2.36. The van der Waals surface area contributed by atoms with Gasteiger partial charge in [-0.2, -0.15) is 0 Å². The standard InChI is InChI=1S/C18H15N4O3S/c1-25-18(12-7-3-2-4-8-12)21-17(23)15(26-22(21)24)16-19-11-13-9-5-6-10-14(13)20-16/h2-11,15,18H,1H3/q+1. The van der Waals surface area contributed by atoms with Crippen molar-refractivity contribution in [2.45, 2.75) is 11.5 Å². The maximum absolute atomic E-state index is 12.9. The van der Waals surface area contributed by atoms with E-state index in [1.54, 1.807) is 18.3 Å². The van der Waals surface area contributed by atoms with Crippen LogP contribution in [-0.2, 0) is 9.53 Å². The first-order valence-corrected chi connectivity index (χ1v) is 8.79. The molecule has 0 aliphatic carbocycles. The number of carbonyl (C=O) groups excluding carboxylic acids is 1. The average Bonchev–Trinajstić information content (AvgIpc) is 2.98. The van der Waals surface area contributed by atoms with Crippen LogP contribution in [0.3, 0.4) is 0 Å². The van der Waals surface area contributed by atoms with Gasteiger partial charge in [0.25, 0.3) is 11.9 Å². The molecule has 2 unspecified atom stereocenters. The van der Waals surface area contributed by atoms with Crippen LogP contribution in [0.4, 0.5) is 0 Å². The molecule has 7 nitrogen and oxygen atoms in total. The first-order valence-electron chi connectivity index (χ1n) is 7.95. The molecular formula is C18H15N4O3S+. The Bertz CT molecular complexity index is 982. The number of para-hydroxylation sites is 1. The number of methoxy groups -OCH3 is 1. The molecule has 130 valence electrons. The molecule has 2 heterocycles. The maximum Gasteiger partial charge on any atom is 0.314 e. The Labute approximate surface area is 153 Å². The number of amides is 1. The van der Waals surface area contributed by atoms with E-state index in [1.165, 1.54) is 7.11 Å². The number of fused-ring (bicyclic) bond motifs is 1. The van der Waals surface area contributed by atoms with Crippen LogP contribution in [0.5, 0.6) is 0 Å². The number of hydrogen-bond donors (Lipinski definition) is 0. The Balaban J connectivity index is 1.68. The molecule has 8 heteroatoms. The molecule has 0 N–H and O–H groups in total. The highest BCUT2D eigenvalue weighted by atomic mass is 32.2. The third-order valence-corrected chi connectivity index (χ3v) is 5.07. The summed E-state index contributed by atoms with van der Waals surface area (Å²) in [4.78, 5) is 34.1. The Hall–Kier alpha value is -2.84. The van der Waals surface area contributed by atoms with Gasteiger partial charge >= 0.3 is 5.91 Å². The van der Waals surface area contributed by atoms with Crippen LogP contribution in [0.2, 0.25) is 0 Å². The van der Waals surface area contributed by atoms with E-state index in [9.17, 15) is 9.70 Å². The third kappa shape index (κ3) is 2.83. The highest BCUT2D eigenvalue weighted by Gasteiger charge is 2.55. The highest BCUT2D eigenvalue weighted by molar-refractivity contribution is 7.94. The minimum atomic E-state index is -0.807. The fourth-order valence-corrected chi connectivity index (χ4v) is 3.71. The average molecular weight is 367 g/mol. The van der Waals surface area contributed by atoms with E-state index >= 15 is 0 Å². The molecule has 0 spiro atoms. The number of hydrazine groups is 1. The van der Waals surface area contributed by atoms with Gasteiger partial charge < -0.3 is 4.74 Å². The summed E-state index contributed by atoms with van der Waals surface area (Å²) in [6, 6.07) is 16.6. The van der Waals surface area contributed by atoms with Crippen LogP contribution < -0.4 is 0 Å². The molecule has 26 heavy (non-hydrogen) atoms. The Morgan fingerprint density at radius 1 is 1.15 bits per heavy atom. The third-order valence-electron chi connectivity index (χ3n) is 4.09. The second-order valence-corrected chi connectivity index (χ2v) is 6.69. The minimum Gasteiger partial charge on any atom is -0.352 e. The molecule has 0 saturated carbocycles. The SMILES string of the molecule is COC(c1ccccc1)N1C(=O)C(c2ncc3ccccc3n2)S[N+]1=O. The fraction of sp³-hybridized carbons (Fsp3) is 0.167. The van der Waals surface area contributed by atoms with Crippen LogP contribution in [0.15, 0.2) is 60.8 Å². The lowest BCUT2D eigenvalue weighted by Gasteiger charge is -2.17. The first kappa shape index (κ1) is 16.6. The van der Waals surface area contributed by atoms with Crippen LogP contribution in [0, 0.1) is 4.91 Å². The lowest BCUT2D eigenvalue weighted by atomic mass is 10.2. The second kappa shape index (κ2) is 6.81. The van der Waals surface area contributed by atoms with Crippen LogP contribution in [-0.4, -0.2) is 32.3 Å². The molecular weight excluding hydrogens is 352 g/mol. The van der Waals surface area contributed by atoms with E-state index < -0.39 is 17.4 Å². The van der Waals surface area contributed by atoms with Crippen molar-refractivity contribution in [3.63, 3.8) is 0 Å². The van der Waals surface area contributed by atoms with Gasteiger partial charge in [-0.25, -0.2) is 9.97 Å². The normalized spacial score (nSPS) is 18.5. The van der Waals surface area contributed by atoms with Gasteiger partial charge in [-0.15, -0.1) is 0 Å². The number of nitrogens with zero attached hydrogens (tertiary/aromatic N) is 4. The van der Waals surface area contributed by atoms with Crippen molar-refractivity contribution in [2.24, 2.45) is 0 Å². The molecule has 1 amide bonds. The van der Waals surface area contributed by atoms with Gasteiger partial charge in [0, 0.05) is 24.3 Å². The molecule has 1 saturated heterocycles. The minimum absolute atomic E-state index is 0.310. The monoisotopic (exact) mass is 367 g/mol. The smallest absolute Gasteiger partial charge is 0.314 e. The van der Waals surface area contributed by atoms with Crippen molar-refractivity contribution in [1.29, 1.82) is 0 Å². The summed E-state index contributed by atoms with van der Waals surface area (Å²) in [6.45, 7) is 0. The number of rotatable bonds is 4. The van der Waals surface area contributed by atoms with Gasteiger partial charge in [-0.1, -0.05) is 48.5 Å². The summed E-state index contributed by atoms with van der Waals surface area (Å²) in [7, 11) is 1.46. The zero-order valence-electron chi connectivity index (χ0n) is 13.9. The van der Waals surface area contributed by atoms with E-state index in [0.29, 0.717) is 15.7 Å². The van der Waals surface area contributed by atoms with Gasteiger partial charge in [-0.05, 0) is 11.1 Å². The van der Waals surface area contributed by atoms with E-state index in [-0.39, 0.29) is 0 Å². The van der Waals surface area contributed by atoms with Gasteiger partial charge in [0.15, 0.2) is 5.82 Å². The molecule has 0 bridgehead atoms. The summed E-state index contributed by atoms with van der Waals surface area (Å²) >= 11 is 0.831. The van der Waals surface area contributed by atoms with Gasteiger partial charge in [0.05, 0.1) is 10.4 Å². The quantitative estimate of drug-likeness (QED) is 0.521. The molecule has 0 radical (unpaired) electrons. The summed E-state index contributed by atoms with van der Waals surface area (Å²) in [5.74, 6) is -0.0963. The van der Waals surface area contributed by atoms with Crippen molar-refractivity contribution < 1.29 is 13.8 Å². The number of nitroso groups, excluding NO2 is 1. The largest absolute Gasteiger partial charge is 0.352 e. The Morgan fingerprint density at radius 2 is 1.88 bits per heavy atom. The first-order chi connectivity index (χ1) is 12.7. The van der Waals surface area contributed by atoms with E-state index in [0.717, 1.165) is 27.9 Å². The number of hydrogen-bond acceptors (Lipinski definition) is 6. The van der Waals surface area contributed by atoms with Gasteiger partial charge in [-0.3, -0.25) is 4.79 Å². The maximum atomic E-state index is 12.9. The predicted molar refractivity (Wildman–Crippen MR) is 96.5 cm³/mol. The molecule has 3 aromatic rings. The number of carbonyl (C=O) groups is 1. The zero-order chi connectivity index (χ0) is 18.1. The van der Waals surface area contributed by atoms with E-state index in [1.807, 2.05) is 42.5 Å². The number of benzene rings is 2. The molecule has 2 atom stereocenters. The number of aromatic nitrogens is 2. The van der Waals surface area contributed by atoms with Crippen molar-refractivity contribution in [3.8, 4) is 0 Å². The molecule has 1 fully saturated rings. The number of ether oxygens (including phenoxy) is 1. The van der Waals surface area contributed by atoms with Gasteiger partial charge in [0.2, 0.25) is 15.8 Å². The molecule has 1 aliphatic rings. The predicted octanol–water partition coefficient (Wildman–Crippen LogP) is 3.20. The summed E-state index contributed by atoms with van der Waals surface area (Å²) in [5, 5.41) is 1.13.